The number of aryl methyl sites for hydroxylation is 1. The molecule has 1 aliphatic rings. The summed E-state index contributed by atoms with van der Waals surface area (Å²) in [6.45, 7) is 7.23. The van der Waals surface area contributed by atoms with Crippen LogP contribution in [0, 0.1) is 6.92 Å². The van der Waals surface area contributed by atoms with Gasteiger partial charge in [-0.3, -0.25) is 0 Å². The number of rotatable bonds is 9. The van der Waals surface area contributed by atoms with Gasteiger partial charge in [-0.25, -0.2) is 0 Å². The van der Waals surface area contributed by atoms with Crippen molar-refractivity contribution in [3.05, 3.63) is 89.6 Å². The van der Waals surface area contributed by atoms with Gasteiger partial charge in [0.15, 0.2) is 11.5 Å². The first-order valence-corrected chi connectivity index (χ1v) is 11.5. The highest BCUT2D eigenvalue weighted by molar-refractivity contribution is 6.17. The van der Waals surface area contributed by atoms with E-state index in [0.29, 0.717) is 35.7 Å². The Bertz CT molecular complexity index is 1150. The predicted octanol–water partition coefficient (Wildman–Crippen LogP) is 5.89. The quantitative estimate of drug-likeness (QED) is 0.306. The number of nitrogens with one attached hydrogen (secondary N) is 1. The van der Waals surface area contributed by atoms with Gasteiger partial charge in [-0.05, 0) is 66.1 Å². The summed E-state index contributed by atoms with van der Waals surface area (Å²) in [5.74, 6) is 1.78. The zero-order valence-corrected chi connectivity index (χ0v) is 19.9. The first-order valence-electron chi connectivity index (χ1n) is 11.0. The Morgan fingerprint density at radius 2 is 1.94 bits per heavy atom. The third-order valence-electron chi connectivity index (χ3n) is 5.98. The third kappa shape index (κ3) is 5.04. The largest absolute Gasteiger partial charge is 0.493 e. The Kier molecular flexibility index (Phi) is 6.99. The number of para-hydroxylation sites is 1. The maximum Gasteiger partial charge on any atom is 0.163 e. The van der Waals surface area contributed by atoms with E-state index >= 15 is 0 Å². The van der Waals surface area contributed by atoms with Crippen LogP contribution in [0.15, 0.2) is 67.4 Å². The van der Waals surface area contributed by atoms with E-state index in [4.69, 9.17) is 26.8 Å². The number of methoxy groups -OCH3 is 1. The fourth-order valence-electron chi connectivity index (χ4n) is 4.37. The van der Waals surface area contributed by atoms with Gasteiger partial charge in [0.2, 0.25) is 0 Å². The topological polar surface area (TPSA) is 59.8 Å². The van der Waals surface area contributed by atoms with Crippen LogP contribution in [0.25, 0.3) is 0 Å². The fourth-order valence-corrected chi connectivity index (χ4v) is 4.52. The number of benzene rings is 3. The maximum atomic E-state index is 6.14. The van der Waals surface area contributed by atoms with E-state index < -0.39 is 0 Å². The average Bonchev–Trinajstić information content (AvgIpc) is 3.19. The van der Waals surface area contributed by atoms with Crippen LogP contribution in [0.4, 0.5) is 17.1 Å². The van der Waals surface area contributed by atoms with E-state index in [1.807, 2.05) is 36.5 Å². The number of nitrogens with zero attached hydrogens (tertiary/aromatic N) is 1. The second kappa shape index (κ2) is 10.1. The molecule has 0 bridgehead atoms. The number of nitrogens with two attached hydrogens (primary N) is 1. The first kappa shape index (κ1) is 22.9. The van der Waals surface area contributed by atoms with Crippen molar-refractivity contribution < 1.29 is 9.47 Å². The number of nitrogen functional groups attached to an aromatic ring is 1. The van der Waals surface area contributed by atoms with Gasteiger partial charge in [-0.15, -0.1) is 11.6 Å². The Hall–Kier alpha value is -3.31. The lowest BCUT2D eigenvalue weighted by Gasteiger charge is -2.25. The van der Waals surface area contributed by atoms with Gasteiger partial charge in [0.1, 0.15) is 6.61 Å². The molecule has 1 heterocycles. The van der Waals surface area contributed by atoms with Gasteiger partial charge in [-0.2, -0.15) is 0 Å². The second-order valence-electron chi connectivity index (χ2n) is 8.28. The first-order chi connectivity index (χ1) is 16.0. The Morgan fingerprint density at radius 1 is 1.15 bits per heavy atom. The molecule has 4 rings (SSSR count). The van der Waals surface area contributed by atoms with Gasteiger partial charge in [0, 0.05) is 35.6 Å². The van der Waals surface area contributed by atoms with Crippen LogP contribution >= 0.6 is 11.6 Å². The molecule has 5 nitrogen and oxygen atoms in total. The molecule has 1 atom stereocenters. The lowest BCUT2D eigenvalue weighted by atomic mass is 10.1. The van der Waals surface area contributed by atoms with Crippen LogP contribution in [-0.2, 0) is 18.9 Å². The molecule has 0 amide bonds. The Labute approximate surface area is 200 Å². The molecular formula is C27H30ClN3O2. The van der Waals surface area contributed by atoms with Crippen molar-refractivity contribution in [3.8, 4) is 11.5 Å². The van der Waals surface area contributed by atoms with Crippen LogP contribution in [-0.4, -0.2) is 19.7 Å². The molecule has 0 saturated heterocycles. The number of anilines is 3. The zero-order chi connectivity index (χ0) is 23.4. The molecule has 3 N–H and O–H groups in total. The summed E-state index contributed by atoms with van der Waals surface area (Å²) in [4.78, 5) is 2.24. The molecule has 0 fully saturated rings. The SMILES string of the molecule is C=CN1c2ccccc2CC1CNc1cc(OCc2cc(N)cc(CCl)c2)c(OC)cc1C. The number of ether oxygens (including phenoxy) is 2. The minimum absolute atomic E-state index is 0.298. The number of alkyl halides is 1. The maximum absolute atomic E-state index is 6.14. The van der Waals surface area contributed by atoms with Crippen LogP contribution in [0.1, 0.15) is 22.3 Å². The molecule has 3 aromatic rings. The molecule has 1 aliphatic heterocycles. The van der Waals surface area contributed by atoms with Crippen molar-refractivity contribution in [2.75, 3.05) is 29.6 Å². The van der Waals surface area contributed by atoms with Gasteiger partial charge in [0.05, 0.1) is 13.2 Å². The summed E-state index contributed by atoms with van der Waals surface area (Å²) in [5, 5.41) is 3.61. The summed E-state index contributed by atoms with van der Waals surface area (Å²) >= 11 is 5.98. The van der Waals surface area contributed by atoms with Gasteiger partial charge in [0.25, 0.3) is 0 Å². The predicted molar refractivity (Wildman–Crippen MR) is 138 cm³/mol. The van der Waals surface area contributed by atoms with Crippen LogP contribution in [0.2, 0.25) is 0 Å². The number of halogens is 1. The third-order valence-corrected chi connectivity index (χ3v) is 6.29. The standard InChI is InChI=1S/C27H30ClN3O2/c1-4-31-23(13-21-7-5-6-8-25(21)31)16-30-24-14-27(26(32-3)9-18(24)2)33-17-20-10-19(15-28)11-22(29)12-20/h4-12,14,23,30H,1,13,15-17,29H2,2-3H3. The minimum atomic E-state index is 0.298. The molecule has 3 aromatic carbocycles. The molecule has 0 aromatic heterocycles. The second-order valence-corrected chi connectivity index (χ2v) is 8.55. The molecule has 172 valence electrons. The lowest BCUT2D eigenvalue weighted by molar-refractivity contribution is 0.284. The van der Waals surface area contributed by atoms with Crippen molar-refractivity contribution in [1.82, 2.24) is 0 Å². The van der Waals surface area contributed by atoms with E-state index in [1.165, 1.54) is 11.3 Å². The molecule has 1 unspecified atom stereocenters. The number of hydrogen-bond donors (Lipinski definition) is 2. The molecule has 0 saturated carbocycles. The van der Waals surface area contributed by atoms with Gasteiger partial charge < -0.3 is 25.4 Å². The van der Waals surface area contributed by atoms with E-state index in [9.17, 15) is 0 Å². The van der Waals surface area contributed by atoms with E-state index in [1.54, 1.807) is 7.11 Å². The molecule has 0 radical (unpaired) electrons. The summed E-state index contributed by atoms with van der Waals surface area (Å²) in [6.07, 6.45) is 2.89. The highest BCUT2D eigenvalue weighted by atomic mass is 35.5. The van der Waals surface area contributed by atoms with E-state index in [0.717, 1.165) is 35.3 Å². The van der Waals surface area contributed by atoms with Gasteiger partial charge >= 0.3 is 0 Å². The van der Waals surface area contributed by atoms with Crippen LogP contribution in [0.3, 0.4) is 0 Å². The van der Waals surface area contributed by atoms with Crippen LogP contribution < -0.4 is 25.4 Å². The van der Waals surface area contributed by atoms with Crippen molar-refractivity contribution in [1.29, 1.82) is 0 Å². The summed E-state index contributed by atoms with van der Waals surface area (Å²) < 4.78 is 11.7. The van der Waals surface area contributed by atoms with Crippen molar-refractivity contribution in [3.63, 3.8) is 0 Å². The van der Waals surface area contributed by atoms with Crippen molar-refractivity contribution >= 4 is 28.7 Å². The molecule has 6 heteroatoms. The Balaban J connectivity index is 1.49. The normalized spacial score (nSPS) is 14.6. The molecule has 0 aliphatic carbocycles. The Morgan fingerprint density at radius 3 is 2.70 bits per heavy atom. The van der Waals surface area contributed by atoms with Crippen molar-refractivity contribution in [2.45, 2.75) is 31.9 Å². The number of fused-ring (bicyclic) bond motifs is 1. The minimum Gasteiger partial charge on any atom is -0.493 e. The molecule has 0 spiro atoms. The average molecular weight is 464 g/mol. The summed E-state index contributed by atoms with van der Waals surface area (Å²) in [6, 6.07) is 18.6. The zero-order valence-electron chi connectivity index (χ0n) is 19.1. The highest BCUT2D eigenvalue weighted by Crippen LogP contribution is 2.35. The van der Waals surface area contributed by atoms with Gasteiger partial charge in [-0.1, -0.05) is 30.8 Å². The van der Waals surface area contributed by atoms with E-state index in [-0.39, 0.29) is 0 Å². The lowest BCUT2D eigenvalue weighted by Crippen LogP contribution is -2.33. The smallest absolute Gasteiger partial charge is 0.163 e. The highest BCUT2D eigenvalue weighted by Gasteiger charge is 2.27. The molecular weight excluding hydrogens is 434 g/mol. The van der Waals surface area contributed by atoms with Crippen molar-refractivity contribution in [2.24, 2.45) is 0 Å². The number of hydrogen-bond acceptors (Lipinski definition) is 5. The summed E-state index contributed by atoms with van der Waals surface area (Å²) in [7, 11) is 1.65. The van der Waals surface area contributed by atoms with E-state index in [2.05, 4.69) is 48.0 Å². The molecule has 33 heavy (non-hydrogen) atoms. The fraction of sp³-hybridized carbons (Fsp3) is 0.259. The van der Waals surface area contributed by atoms with Crippen LogP contribution in [0.5, 0.6) is 11.5 Å². The monoisotopic (exact) mass is 463 g/mol. The summed E-state index contributed by atoms with van der Waals surface area (Å²) in [5.41, 5.74) is 13.3.